The zero-order chi connectivity index (χ0) is 15.9. The smallest absolute Gasteiger partial charge is 0.170 e. The summed E-state index contributed by atoms with van der Waals surface area (Å²) >= 11 is 6.26. The van der Waals surface area contributed by atoms with Gasteiger partial charge in [0.15, 0.2) is 5.78 Å². The van der Waals surface area contributed by atoms with E-state index in [9.17, 15) is 4.79 Å². The second-order valence-electron chi connectivity index (χ2n) is 7.58. The number of ketones is 1. The summed E-state index contributed by atoms with van der Waals surface area (Å²) in [5.74, 6) is 0.810. The molecule has 0 amide bonds. The minimum atomic E-state index is -0.250. The van der Waals surface area contributed by atoms with Crippen molar-refractivity contribution in [2.24, 2.45) is 11.3 Å². The third kappa shape index (κ3) is 2.72. The fourth-order valence-corrected chi connectivity index (χ4v) is 4.63. The van der Waals surface area contributed by atoms with Crippen LogP contribution in [0.5, 0.6) is 0 Å². The van der Waals surface area contributed by atoms with E-state index in [1.165, 1.54) is 6.42 Å². The molecule has 1 N–H and O–H groups in total. The van der Waals surface area contributed by atoms with E-state index in [1.807, 2.05) is 25.1 Å². The Morgan fingerprint density at radius 2 is 2.14 bits per heavy atom. The summed E-state index contributed by atoms with van der Waals surface area (Å²) in [6.07, 6.45) is 5.43. The van der Waals surface area contributed by atoms with Gasteiger partial charge >= 0.3 is 0 Å². The van der Waals surface area contributed by atoms with E-state index in [0.29, 0.717) is 28.8 Å². The van der Waals surface area contributed by atoms with Crippen molar-refractivity contribution >= 4 is 17.4 Å². The molecule has 0 radical (unpaired) electrons. The second kappa shape index (κ2) is 5.98. The summed E-state index contributed by atoms with van der Waals surface area (Å²) in [7, 11) is 0. The first-order chi connectivity index (χ1) is 10.4. The molecule has 2 saturated heterocycles. The van der Waals surface area contributed by atoms with E-state index in [0.717, 1.165) is 36.8 Å². The van der Waals surface area contributed by atoms with E-state index in [1.54, 1.807) is 0 Å². The van der Waals surface area contributed by atoms with Crippen molar-refractivity contribution in [2.75, 3.05) is 0 Å². The lowest BCUT2D eigenvalue weighted by Crippen LogP contribution is -2.53. The number of fused-ring (bicyclic) bond motifs is 2. The van der Waals surface area contributed by atoms with Crippen LogP contribution in [0.15, 0.2) is 18.2 Å². The zero-order valence-corrected chi connectivity index (χ0v) is 14.5. The van der Waals surface area contributed by atoms with Crippen molar-refractivity contribution in [3.8, 4) is 0 Å². The molecule has 1 aromatic carbocycles. The number of hydrogen-bond donors (Lipinski definition) is 1. The SMILES string of the molecule is Cc1ccc(C(=O)[C@]2(CC(C)C)CC[C@H]3CC[C@@H]2N3)cc1Cl. The number of carbonyl (C=O) groups is 1. The topological polar surface area (TPSA) is 29.1 Å². The standard InChI is InChI=1S/C19H26ClNO/c1-12(2)11-19(9-8-15-6-7-17(19)21-15)18(22)14-5-4-13(3)16(20)10-14/h4-5,10,12,15,17,21H,6-9,11H2,1-3H3/t15-,17+,19+/m1/s1. The van der Waals surface area contributed by atoms with Gasteiger partial charge in [0.05, 0.1) is 0 Å². The monoisotopic (exact) mass is 319 g/mol. The molecule has 2 nitrogen and oxygen atoms in total. The summed E-state index contributed by atoms with van der Waals surface area (Å²) in [4.78, 5) is 13.4. The number of hydrogen-bond acceptors (Lipinski definition) is 2. The Balaban J connectivity index is 1.98. The maximum Gasteiger partial charge on any atom is 0.170 e. The molecule has 120 valence electrons. The normalized spacial score (nSPS) is 30.8. The molecule has 3 heteroatoms. The predicted molar refractivity (Wildman–Crippen MR) is 91.6 cm³/mol. The molecule has 0 aliphatic carbocycles. The molecule has 22 heavy (non-hydrogen) atoms. The highest BCUT2D eigenvalue weighted by atomic mass is 35.5. The minimum Gasteiger partial charge on any atom is -0.310 e. The first kappa shape index (κ1) is 16.0. The number of aryl methyl sites for hydroxylation is 1. The number of piperidine rings is 1. The molecule has 2 aliphatic rings. The van der Waals surface area contributed by atoms with Gasteiger partial charge in [-0.3, -0.25) is 4.79 Å². The number of Topliss-reactive ketones (excluding diaryl/α,β-unsaturated/α-hetero) is 1. The Kier molecular flexibility index (Phi) is 4.35. The maximum absolute atomic E-state index is 13.4. The van der Waals surface area contributed by atoms with Crippen LogP contribution in [0.2, 0.25) is 5.02 Å². The van der Waals surface area contributed by atoms with Gasteiger partial charge in [-0.2, -0.15) is 0 Å². The lowest BCUT2D eigenvalue weighted by atomic mass is 9.65. The van der Waals surface area contributed by atoms with Crippen molar-refractivity contribution in [1.29, 1.82) is 0 Å². The lowest BCUT2D eigenvalue weighted by molar-refractivity contribution is 0.0578. The molecule has 0 spiro atoms. The number of rotatable bonds is 4. The van der Waals surface area contributed by atoms with E-state index in [2.05, 4.69) is 19.2 Å². The Morgan fingerprint density at radius 1 is 1.36 bits per heavy atom. The highest BCUT2D eigenvalue weighted by Crippen LogP contribution is 2.47. The zero-order valence-electron chi connectivity index (χ0n) is 13.8. The van der Waals surface area contributed by atoms with Crippen LogP contribution in [-0.2, 0) is 0 Å². The highest BCUT2D eigenvalue weighted by molar-refractivity contribution is 6.31. The Bertz CT molecular complexity index is 583. The summed E-state index contributed by atoms with van der Waals surface area (Å²) < 4.78 is 0. The summed E-state index contributed by atoms with van der Waals surface area (Å²) in [6, 6.07) is 6.74. The maximum atomic E-state index is 13.4. The van der Waals surface area contributed by atoms with E-state index >= 15 is 0 Å². The number of nitrogens with one attached hydrogen (secondary N) is 1. The van der Waals surface area contributed by atoms with Gasteiger partial charge in [0.1, 0.15) is 0 Å². The average molecular weight is 320 g/mol. The fourth-order valence-electron chi connectivity index (χ4n) is 4.45. The second-order valence-corrected chi connectivity index (χ2v) is 7.99. The minimum absolute atomic E-state index is 0.250. The molecule has 0 aromatic heterocycles. The van der Waals surface area contributed by atoms with E-state index in [4.69, 9.17) is 11.6 Å². The van der Waals surface area contributed by atoms with Gasteiger partial charge in [-0.15, -0.1) is 0 Å². The van der Waals surface area contributed by atoms with Crippen molar-refractivity contribution in [1.82, 2.24) is 5.32 Å². The predicted octanol–water partition coefficient (Wildman–Crippen LogP) is 4.78. The van der Waals surface area contributed by atoms with Gasteiger partial charge in [0.2, 0.25) is 0 Å². The van der Waals surface area contributed by atoms with Gasteiger partial charge < -0.3 is 5.32 Å². The molecule has 0 saturated carbocycles. The molecule has 3 atom stereocenters. The van der Waals surface area contributed by atoms with Gasteiger partial charge in [0.25, 0.3) is 0 Å². The fraction of sp³-hybridized carbons (Fsp3) is 0.632. The van der Waals surface area contributed by atoms with Gasteiger partial charge in [0, 0.05) is 28.1 Å². The molecular weight excluding hydrogens is 294 g/mol. The quantitative estimate of drug-likeness (QED) is 0.809. The largest absolute Gasteiger partial charge is 0.310 e. The molecule has 2 aliphatic heterocycles. The Morgan fingerprint density at radius 3 is 2.82 bits per heavy atom. The molecule has 0 unspecified atom stereocenters. The average Bonchev–Trinajstić information content (AvgIpc) is 2.88. The van der Waals surface area contributed by atoms with Crippen molar-refractivity contribution in [3.63, 3.8) is 0 Å². The van der Waals surface area contributed by atoms with Crippen molar-refractivity contribution < 1.29 is 4.79 Å². The van der Waals surface area contributed by atoms with E-state index < -0.39 is 0 Å². The van der Waals surface area contributed by atoms with Crippen LogP contribution in [0.3, 0.4) is 0 Å². The number of halogens is 1. The summed E-state index contributed by atoms with van der Waals surface area (Å²) in [5, 5.41) is 4.40. The molecule has 1 aromatic rings. The summed E-state index contributed by atoms with van der Waals surface area (Å²) in [5.41, 5.74) is 1.56. The first-order valence-electron chi connectivity index (χ1n) is 8.49. The van der Waals surface area contributed by atoms with Crippen molar-refractivity contribution in [3.05, 3.63) is 34.3 Å². The van der Waals surface area contributed by atoms with Crippen LogP contribution in [0, 0.1) is 18.3 Å². The summed E-state index contributed by atoms with van der Waals surface area (Å²) in [6.45, 7) is 6.42. The molecule has 3 rings (SSSR count). The number of benzene rings is 1. The van der Waals surface area contributed by atoms with Crippen LogP contribution >= 0.6 is 11.6 Å². The highest BCUT2D eigenvalue weighted by Gasteiger charge is 2.51. The van der Waals surface area contributed by atoms with Crippen LogP contribution in [0.1, 0.15) is 61.9 Å². The molecular formula is C19H26ClNO. The van der Waals surface area contributed by atoms with Crippen LogP contribution < -0.4 is 5.32 Å². The van der Waals surface area contributed by atoms with Gasteiger partial charge in [-0.1, -0.05) is 37.6 Å². The molecule has 2 heterocycles. The molecule has 2 bridgehead atoms. The Labute approximate surface area is 138 Å². The third-order valence-electron chi connectivity index (χ3n) is 5.51. The van der Waals surface area contributed by atoms with Crippen LogP contribution in [-0.4, -0.2) is 17.9 Å². The third-order valence-corrected chi connectivity index (χ3v) is 5.91. The van der Waals surface area contributed by atoms with Crippen LogP contribution in [0.4, 0.5) is 0 Å². The van der Waals surface area contributed by atoms with E-state index in [-0.39, 0.29) is 5.41 Å². The van der Waals surface area contributed by atoms with Crippen molar-refractivity contribution in [2.45, 2.75) is 65.0 Å². The lowest BCUT2D eigenvalue weighted by Gasteiger charge is -2.43. The Hall–Kier alpha value is -0.860. The number of carbonyl (C=O) groups excluding carboxylic acids is 1. The first-order valence-corrected chi connectivity index (χ1v) is 8.87. The van der Waals surface area contributed by atoms with Gasteiger partial charge in [-0.05, 0) is 56.6 Å². The van der Waals surface area contributed by atoms with Gasteiger partial charge in [-0.25, -0.2) is 0 Å². The molecule has 2 fully saturated rings. The van der Waals surface area contributed by atoms with Crippen LogP contribution in [0.25, 0.3) is 0 Å².